The summed E-state index contributed by atoms with van der Waals surface area (Å²) in [5.41, 5.74) is 2.91. The number of hydrogen-bond donors (Lipinski definition) is 2. The summed E-state index contributed by atoms with van der Waals surface area (Å²) < 4.78 is 16.3. The lowest BCUT2D eigenvalue weighted by Gasteiger charge is -2.13. The van der Waals surface area contributed by atoms with E-state index >= 15 is 0 Å². The fourth-order valence-electron chi connectivity index (χ4n) is 3.20. The van der Waals surface area contributed by atoms with Crippen LogP contribution in [0.25, 0.3) is 5.69 Å². The Morgan fingerprint density at radius 1 is 1.12 bits per heavy atom. The van der Waals surface area contributed by atoms with Gasteiger partial charge in [0.2, 0.25) is 0 Å². The van der Waals surface area contributed by atoms with Crippen LogP contribution in [0.5, 0.6) is 0 Å². The molecule has 0 aliphatic rings. The van der Waals surface area contributed by atoms with Crippen molar-refractivity contribution in [2.75, 3.05) is 20.6 Å². The molecule has 0 aliphatic carbocycles. The number of nitrogens with one attached hydrogen (secondary N) is 2. The second-order valence-electron chi connectivity index (χ2n) is 7.58. The van der Waals surface area contributed by atoms with Gasteiger partial charge in [0.1, 0.15) is 11.6 Å². The summed E-state index contributed by atoms with van der Waals surface area (Å²) in [5.74, 6) is 1.02. The predicted molar refractivity (Wildman–Crippen MR) is 124 cm³/mol. The molecule has 1 heterocycles. The molecule has 0 radical (unpaired) electrons. The van der Waals surface area contributed by atoms with Crippen molar-refractivity contribution in [3.8, 4) is 5.69 Å². The average Bonchev–Trinajstić information content (AvgIpc) is 3.21. The number of carbonyl (C=O) groups is 1. The van der Waals surface area contributed by atoms with Gasteiger partial charge in [-0.15, -0.1) is 0 Å². The molecule has 32 heavy (non-hydrogen) atoms. The molecule has 0 aliphatic heterocycles. The highest BCUT2D eigenvalue weighted by Gasteiger charge is 2.09. The van der Waals surface area contributed by atoms with Crippen molar-refractivity contribution in [1.82, 2.24) is 25.1 Å². The highest BCUT2D eigenvalue weighted by atomic mass is 19.1. The summed E-state index contributed by atoms with van der Waals surface area (Å²) in [7, 11) is 3.46. The van der Waals surface area contributed by atoms with E-state index in [0.29, 0.717) is 36.8 Å². The molecule has 7 nitrogen and oxygen atoms in total. The first-order valence-electron chi connectivity index (χ1n) is 10.5. The van der Waals surface area contributed by atoms with E-state index in [-0.39, 0.29) is 11.7 Å². The molecule has 168 valence electrons. The lowest BCUT2D eigenvalue weighted by molar-refractivity contribution is 0.0827. The van der Waals surface area contributed by atoms with Gasteiger partial charge in [0.25, 0.3) is 5.91 Å². The maximum atomic E-state index is 14.6. The van der Waals surface area contributed by atoms with Gasteiger partial charge in [0.15, 0.2) is 5.96 Å². The minimum Gasteiger partial charge on any atom is -0.357 e. The Balaban J connectivity index is 1.64. The number of imidazole rings is 1. The molecule has 3 rings (SSSR count). The Bertz CT molecular complexity index is 1090. The standard InChI is InChI=1S/C24H29FN6O/c1-5-26-24(28-15-18-6-9-20(10-7-18)23(32)30(3)4)29-16-19-8-11-22(21(25)14-19)31-13-12-27-17(31)2/h6-14H,5,15-16H2,1-4H3,(H2,26,28,29). The normalized spacial score (nSPS) is 11.3. The van der Waals surface area contributed by atoms with E-state index in [1.807, 2.05) is 44.2 Å². The van der Waals surface area contributed by atoms with E-state index < -0.39 is 0 Å². The zero-order valence-electron chi connectivity index (χ0n) is 18.9. The van der Waals surface area contributed by atoms with Crippen molar-refractivity contribution in [2.45, 2.75) is 26.9 Å². The number of hydrogen-bond acceptors (Lipinski definition) is 3. The van der Waals surface area contributed by atoms with Crippen molar-refractivity contribution in [3.63, 3.8) is 0 Å². The number of nitrogens with zero attached hydrogens (tertiary/aromatic N) is 4. The maximum Gasteiger partial charge on any atom is 0.253 e. The fourth-order valence-corrected chi connectivity index (χ4v) is 3.20. The Morgan fingerprint density at radius 2 is 1.84 bits per heavy atom. The molecule has 0 fully saturated rings. The van der Waals surface area contributed by atoms with Crippen molar-refractivity contribution >= 4 is 11.9 Å². The third-order valence-corrected chi connectivity index (χ3v) is 4.93. The van der Waals surface area contributed by atoms with E-state index in [1.165, 1.54) is 6.07 Å². The lowest BCUT2D eigenvalue weighted by Crippen LogP contribution is -2.36. The quantitative estimate of drug-likeness (QED) is 0.440. The summed E-state index contributed by atoms with van der Waals surface area (Å²) in [6.07, 6.45) is 3.39. The van der Waals surface area contributed by atoms with Gasteiger partial charge in [0.05, 0.1) is 12.2 Å². The number of aryl methyl sites for hydroxylation is 1. The highest BCUT2D eigenvalue weighted by Crippen LogP contribution is 2.17. The summed E-state index contributed by atoms with van der Waals surface area (Å²) in [6, 6.07) is 12.6. The van der Waals surface area contributed by atoms with Crippen molar-refractivity contribution in [2.24, 2.45) is 4.99 Å². The molecule has 0 saturated heterocycles. The van der Waals surface area contributed by atoms with Crippen LogP contribution in [0.1, 0.15) is 34.2 Å². The SMILES string of the molecule is CCNC(=NCc1ccc(-n2ccnc2C)c(F)c1)NCc1ccc(C(=O)N(C)C)cc1. The zero-order valence-corrected chi connectivity index (χ0v) is 18.9. The number of amides is 1. The molecule has 2 aromatic carbocycles. The second kappa shape index (κ2) is 10.6. The molecule has 8 heteroatoms. The van der Waals surface area contributed by atoms with Crippen LogP contribution in [0.3, 0.4) is 0 Å². The van der Waals surface area contributed by atoms with Gasteiger partial charge in [-0.25, -0.2) is 14.4 Å². The van der Waals surface area contributed by atoms with E-state index in [2.05, 4.69) is 20.6 Å². The molecule has 2 N–H and O–H groups in total. The van der Waals surface area contributed by atoms with Crippen LogP contribution < -0.4 is 10.6 Å². The van der Waals surface area contributed by atoms with Crippen LogP contribution in [0.2, 0.25) is 0 Å². The molecule has 0 spiro atoms. The molecule has 0 atom stereocenters. The molecule has 0 unspecified atom stereocenters. The first kappa shape index (κ1) is 23.0. The van der Waals surface area contributed by atoms with Crippen molar-refractivity contribution < 1.29 is 9.18 Å². The average molecular weight is 437 g/mol. The highest BCUT2D eigenvalue weighted by molar-refractivity contribution is 5.93. The number of halogens is 1. The molecular weight excluding hydrogens is 407 g/mol. The largest absolute Gasteiger partial charge is 0.357 e. The van der Waals surface area contributed by atoms with Crippen LogP contribution in [0.15, 0.2) is 59.9 Å². The first-order valence-corrected chi connectivity index (χ1v) is 10.5. The Morgan fingerprint density at radius 3 is 2.44 bits per heavy atom. The van der Waals surface area contributed by atoms with Crippen LogP contribution in [-0.4, -0.2) is 47.0 Å². The molecular formula is C24H29FN6O. The van der Waals surface area contributed by atoms with E-state index in [9.17, 15) is 9.18 Å². The third kappa shape index (κ3) is 5.72. The Labute approximate surface area is 188 Å². The predicted octanol–water partition coefficient (Wildman–Crippen LogP) is 3.28. The molecule has 3 aromatic rings. The molecule has 1 aromatic heterocycles. The number of aliphatic imine (C=N–C) groups is 1. The van der Waals surface area contributed by atoms with Gasteiger partial charge in [-0.1, -0.05) is 18.2 Å². The van der Waals surface area contributed by atoms with E-state index in [0.717, 1.165) is 17.0 Å². The van der Waals surface area contributed by atoms with Crippen LogP contribution in [0.4, 0.5) is 4.39 Å². The van der Waals surface area contributed by atoms with Crippen molar-refractivity contribution in [3.05, 3.63) is 83.2 Å². The zero-order chi connectivity index (χ0) is 23.1. The van der Waals surface area contributed by atoms with E-state index in [4.69, 9.17) is 0 Å². The summed E-state index contributed by atoms with van der Waals surface area (Å²) in [5, 5.41) is 6.47. The molecule has 0 bridgehead atoms. The van der Waals surface area contributed by atoms with Gasteiger partial charge >= 0.3 is 0 Å². The first-order chi connectivity index (χ1) is 15.4. The van der Waals surface area contributed by atoms with Gasteiger partial charge in [-0.3, -0.25) is 4.79 Å². The topological polar surface area (TPSA) is 74.5 Å². The Kier molecular flexibility index (Phi) is 7.59. The molecule has 0 saturated carbocycles. The number of rotatable bonds is 7. The summed E-state index contributed by atoms with van der Waals surface area (Å²) in [6.45, 7) is 5.41. The summed E-state index contributed by atoms with van der Waals surface area (Å²) >= 11 is 0. The number of carbonyl (C=O) groups excluding carboxylic acids is 1. The smallest absolute Gasteiger partial charge is 0.253 e. The minimum atomic E-state index is -0.316. The van der Waals surface area contributed by atoms with Gasteiger partial charge in [-0.05, 0) is 49.2 Å². The number of benzene rings is 2. The fraction of sp³-hybridized carbons (Fsp3) is 0.292. The monoisotopic (exact) mass is 436 g/mol. The van der Waals surface area contributed by atoms with Gasteiger partial charge < -0.3 is 20.1 Å². The minimum absolute atomic E-state index is 0.0270. The Hall–Kier alpha value is -3.68. The van der Waals surface area contributed by atoms with Crippen LogP contribution >= 0.6 is 0 Å². The van der Waals surface area contributed by atoms with Crippen LogP contribution in [0, 0.1) is 12.7 Å². The maximum absolute atomic E-state index is 14.6. The van der Waals surface area contributed by atoms with Crippen LogP contribution in [-0.2, 0) is 13.1 Å². The molecule has 1 amide bonds. The second-order valence-corrected chi connectivity index (χ2v) is 7.58. The van der Waals surface area contributed by atoms with Crippen molar-refractivity contribution in [1.29, 1.82) is 0 Å². The van der Waals surface area contributed by atoms with E-state index in [1.54, 1.807) is 42.0 Å². The third-order valence-electron chi connectivity index (χ3n) is 4.93. The van der Waals surface area contributed by atoms with Gasteiger partial charge in [-0.2, -0.15) is 0 Å². The number of aromatic nitrogens is 2. The summed E-state index contributed by atoms with van der Waals surface area (Å²) in [4.78, 5) is 22.3. The van der Waals surface area contributed by atoms with Gasteiger partial charge in [0, 0.05) is 45.1 Å². The number of guanidine groups is 1. The lowest BCUT2D eigenvalue weighted by atomic mass is 10.1.